The molecule has 0 aliphatic rings. The molecule has 9 heteroatoms. The van der Waals surface area contributed by atoms with E-state index in [1.807, 2.05) is 37.3 Å². The van der Waals surface area contributed by atoms with Crippen molar-refractivity contribution in [2.45, 2.75) is 26.7 Å². The highest BCUT2D eigenvalue weighted by molar-refractivity contribution is 9.10. The Morgan fingerprint density at radius 2 is 1.89 bits per heavy atom. The van der Waals surface area contributed by atoms with E-state index < -0.39 is 0 Å². The van der Waals surface area contributed by atoms with Crippen molar-refractivity contribution in [3.63, 3.8) is 0 Å². The number of hydrogen-bond acceptors (Lipinski definition) is 6. The van der Waals surface area contributed by atoms with Crippen LogP contribution in [0.5, 0.6) is 11.5 Å². The van der Waals surface area contributed by atoms with Gasteiger partial charge in [-0.15, -0.1) is 0 Å². The molecule has 0 spiro atoms. The molecular weight excluding hydrogens is 542 g/mol. The molecule has 1 heterocycles. The van der Waals surface area contributed by atoms with E-state index >= 15 is 0 Å². The number of carbonyl (C=O) groups excluding carboxylic acids is 1. The van der Waals surface area contributed by atoms with Crippen LogP contribution in [-0.4, -0.2) is 29.7 Å². The minimum Gasteiger partial charge on any atom is -0.495 e. The maximum absolute atomic E-state index is 12.7. The van der Waals surface area contributed by atoms with Crippen LogP contribution in [0.15, 0.2) is 63.5 Å². The average molecular weight is 568 g/mol. The van der Waals surface area contributed by atoms with Gasteiger partial charge in [0.1, 0.15) is 17.0 Å². The van der Waals surface area contributed by atoms with Gasteiger partial charge in [0, 0.05) is 11.1 Å². The van der Waals surface area contributed by atoms with Crippen molar-refractivity contribution in [2.75, 3.05) is 19.0 Å². The van der Waals surface area contributed by atoms with E-state index in [0.29, 0.717) is 51.2 Å². The summed E-state index contributed by atoms with van der Waals surface area (Å²) in [6.07, 6.45) is 0. The summed E-state index contributed by atoms with van der Waals surface area (Å²) in [6, 6.07) is 16.6. The Labute approximate surface area is 223 Å². The number of anilines is 1. The first-order chi connectivity index (χ1) is 17.3. The summed E-state index contributed by atoms with van der Waals surface area (Å²) in [5, 5.41) is 5.87. The Morgan fingerprint density at radius 1 is 1.11 bits per heavy atom. The summed E-state index contributed by atoms with van der Waals surface area (Å²) in [7, 11) is 1.56. The zero-order valence-corrected chi connectivity index (χ0v) is 22.7. The summed E-state index contributed by atoms with van der Waals surface area (Å²) < 4.78 is 17.6. The SMILES string of the molecule is CCOc1ccc(C(=O)NC(=S)Nc2cc(-c3nc4cc(C(C)C)ccc4o3)ccc2OC)cc1Br. The van der Waals surface area contributed by atoms with Crippen LogP contribution >= 0.6 is 28.1 Å². The smallest absolute Gasteiger partial charge is 0.257 e. The van der Waals surface area contributed by atoms with E-state index in [1.165, 1.54) is 5.56 Å². The monoisotopic (exact) mass is 567 g/mol. The lowest BCUT2D eigenvalue weighted by Crippen LogP contribution is -2.34. The molecule has 186 valence electrons. The van der Waals surface area contributed by atoms with Gasteiger partial charge in [0.05, 0.1) is 23.9 Å². The summed E-state index contributed by atoms with van der Waals surface area (Å²) in [5.41, 5.74) is 4.45. The Morgan fingerprint density at radius 3 is 2.58 bits per heavy atom. The first-order valence-corrected chi connectivity index (χ1v) is 12.6. The van der Waals surface area contributed by atoms with Gasteiger partial charge in [-0.25, -0.2) is 4.98 Å². The fourth-order valence-electron chi connectivity index (χ4n) is 3.61. The molecule has 0 radical (unpaired) electrons. The van der Waals surface area contributed by atoms with Crippen molar-refractivity contribution in [1.29, 1.82) is 0 Å². The quantitative estimate of drug-likeness (QED) is 0.234. The highest BCUT2D eigenvalue weighted by Gasteiger charge is 2.15. The third-order valence-electron chi connectivity index (χ3n) is 5.49. The van der Waals surface area contributed by atoms with Crippen LogP contribution in [0, 0.1) is 0 Å². The molecule has 0 saturated carbocycles. The minimum absolute atomic E-state index is 0.125. The van der Waals surface area contributed by atoms with Crippen molar-refractivity contribution in [3.05, 3.63) is 70.2 Å². The number of carbonyl (C=O) groups is 1. The molecule has 0 fully saturated rings. The lowest BCUT2D eigenvalue weighted by atomic mass is 10.0. The lowest BCUT2D eigenvalue weighted by molar-refractivity contribution is 0.0977. The molecule has 1 aromatic heterocycles. The number of thiocarbonyl (C=S) groups is 1. The molecule has 0 unspecified atom stereocenters. The standard InChI is InChI=1S/C27H26BrN3O4S/c1-5-34-22-9-7-17(12-19(22)28)25(32)31-27(36)30-20-14-18(8-10-23(20)33-4)26-29-21-13-16(15(2)3)6-11-24(21)35-26/h6-15H,5H2,1-4H3,(H2,30,31,32,36). The van der Waals surface area contributed by atoms with Crippen LogP contribution in [-0.2, 0) is 0 Å². The molecule has 0 atom stereocenters. The Balaban J connectivity index is 1.53. The Hall–Kier alpha value is -3.43. The topological polar surface area (TPSA) is 85.6 Å². The number of amides is 1. The summed E-state index contributed by atoms with van der Waals surface area (Å²) in [6.45, 7) is 6.70. The van der Waals surface area contributed by atoms with Crippen LogP contribution in [0.1, 0.15) is 42.6 Å². The van der Waals surface area contributed by atoms with E-state index in [0.717, 1.165) is 11.1 Å². The number of fused-ring (bicyclic) bond motifs is 1. The second-order valence-corrected chi connectivity index (χ2v) is 9.56. The molecule has 7 nitrogen and oxygen atoms in total. The highest BCUT2D eigenvalue weighted by atomic mass is 79.9. The average Bonchev–Trinajstić information content (AvgIpc) is 3.28. The Kier molecular flexibility index (Phi) is 7.91. The predicted octanol–water partition coefficient (Wildman–Crippen LogP) is 6.91. The first kappa shape index (κ1) is 25.7. The van der Waals surface area contributed by atoms with E-state index in [9.17, 15) is 4.79 Å². The molecule has 4 rings (SSSR count). The van der Waals surface area contributed by atoms with Crippen LogP contribution in [0.2, 0.25) is 0 Å². The van der Waals surface area contributed by atoms with Crippen LogP contribution < -0.4 is 20.1 Å². The molecule has 0 bridgehead atoms. The second-order valence-electron chi connectivity index (χ2n) is 8.30. The van der Waals surface area contributed by atoms with Crippen LogP contribution in [0.25, 0.3) is 22.6 Å². The van der Waals surface area contributed by atoms with Crippen molar-refractivity contribution in [1.82, 2.24) is 10.3 Å². The number of ether oxygens (including phenoxy) is 2. The number of oxazole rings is 1. The molecular formula is C27H26BrN3O4S. The maximum atomic E-state index is 12.7. The molecule has 3 aromatic carbocycles. The molecule has 2 N–H and O–H groups in total. The molecule has 4 aromatic rings. The lowest BCUT2D eigenvalue weighted by Gasteiger charge is -2.14. The highest BCUT2D eigenvalue weighted by Crippen LogP contribution is 2.33. The van der Waals surface area contributed by atoms with Gasteiger partial charge in [0.25, 0.3) is 5.91 Å². The minimum atomic E-state index is -0.355. The van der Waals surface area contributed by atoms with Crippen molar-refractivity contribution in [3.8, 4) is 23.0 Å². The summed E-state index contributed by atoms with van der Waals surface area (Å²) >= 11 is 8.82. The third-order valence-corrected chi connectivity index (χ3v) is 6.32. The number of aromatic nitrogens is 1. The number of hydrogen-bond donors (Lipinski definition) is 2. The summed E-state index contributed by atoms with van der Waals surface area (Å²) in [4.78, 5) is 17.4. The van der Waals surface area contributed by atoms with Gasteiger partial charge in [-0.05, 0) is 95.1 Å². The molecule has 0 aliphatic heterocycles. The molecule has 1 amide bonds. The largest absolute Gasteiger partial charge is 0.495 e. The maximum Gasteiger partial charge on any atom is 0.257 e. The number of benzene rings is 3. The molecule has 0 aliphatic carbocycles. The third kappa shape index (κ3) is 5.68. The number of nitrogens with one attached hydrogen (secondary N) is 2. The number of nitrogens with zero attached hydrogens (tertiary/aromatic N) is 1. The van der Waals surface area contributed by atoms with Gasteiger partial charge in [-0.2, -0.15) is 0 Å². The second kappa shape index (κ2) is 11.1. The van der Waals surface area contributed by atoms with E-state index in [2.05, 4.69) is 45.4 Å². The normalized spacial score (nSPS) is 10.9. The number of rotatable bonds is 7. The fraction of sp³-hybridized carbons (Fsp3) is 0.222. The van der Waals surface area contributed by atoms with Crippen molar-refractivity contribution in [2.24, 2.45) is 0 Å². The van der Waals surface area contributed by atoms with Gasteiger partial charge in [0.15, 0.2) is 10.7 Å². The molecule has 36 heavy (non-hydrogen) atoms. The number of methoxy groups -OCH3 is 1. The zero-order valence-electron chi connectivity index (χ0n) is 20.3. The van der Waals surface area contributed by atoms with Gasteiger partial charge < -0.3 is 19.2 Å². The fourth-order valence-corrected chi connectivity index (χ4v) is 4.31. The Bertz CT molecular complexity index is 1430. The van der Waals surface area contributed by atoms with E-state index in [-0.39, 0.29) is 11.0 Å². The van der Waals surface area contributed by atoms with Crippen molar-refractivity contribution < 1.29 is 18.7 Å². The van der Waals surface area contributed by atoms with Crippen LogP contribution in [0.4, 0.5) is 5.69 Å². The van der Waals surface area contributed by atoms with E-state index in [1.54, 1.807) is 31.4 Å². The summed E-state index contributed by atoms with van der Waals surface area (Å²) in [5.74, 6) is 1.73. The zero-order chi connectivity index (χ0) is 25.8. The first-order valence-electron chi connectivity index (χ1n) is 11.4. The van der Waals surface area contributed by atoms with Gasteiger partial charge in [0.2, 0.25) is 5.89 Å². The van der Waals surface area contributed by atoms with Gasteiger partial charge in [-0.3, -0.25) is 10.1 Å². The van der Waals surface area contributed by atoms with Crippen LogP contribution in [0.3, 0.4) is 0 Å². The van der Waals surface area contributed by atoms with Crippen molar-refractivity contribution >= 4 is 56.0 Å². The van der Waals surface area contributed by atoms with Gasteiger partial charge in [-0.1, -0.05) is 19.9 Å². The van der Waals surface area contributed by atoms with Gasteiger partial charge >= 0.3 is 0 Å². The van der Waals surface area contributed by atoms with E-state index in [4.69, 9.17) is 26.1 Å². The number of halogens is 1. The predicted molar refractivity (Wildman–Crippen MR) is 149 cm³/mol. The molecule has 0 saturated heterocycles.